The molecule has 24 heavy (non-hydrogen) atoms. The van der Waals surface area contributed by atoms with Crippen molar-refractivity contribution in [2.45, 2.75) is 33.9 Å². The number of benzene rings is 2. The zero-order valence-corrected chi connectivity index (χ0v) is 13.9. The molecular formula is C18H21F2N3O. The monoisotopic (exact) mass is 333 g/mol. The van der Waals surface area contributed by atoms with Crippen LogP contribution in [0.3, 0.4) is 0 Å². The molecule has 0 saturated heterocycles. The van der Waals surface area contributed by atoms with Gasteiger partial charge in [0, 0.05) is 11.3 Å². The molecule has 0 aliphatic heterocycles. The van der Waals surface area contributed by atoms with Crippen LogP contribution in [-0.4, -0.2) is 12.6 Å². The maximum absolute atomic E-state index is 12.5. The summed E-state index contributed by atoms with van der Waals surface area (Å²) >= 11 is 0. The van der Waals surface area contributed by atoms with E-state index < -0.39 is 6.61 Å². The van der Waals surface area contributed by atoms with Gasteiger partial charge in [-0.1, -0.05) is 23.8 Å². The van der Waals surface area contributed by atoms with E-state index in [1.54, 1.807) is 12.1 Å². The Kier molecular flexibility index (Phi) is 5.73. The first-order chi connectivity index (χ1) is 11.3. The highest BCUT2D eigenvalue weighted by atomic mass is 19.3. The molecule has 0 bridgehead atoms. The first kappa shape index (κ1) is 17.7. The van der Waals surface area contributed by atoms with Gasteiger partial charge in [0.2, 0.25) is 0 Å². The Labute approximate surface area is 140 Å². The van der Waals surface area contributed by atoms with Gasteiger partial charge in [-0.25, -0.2) is 4.99 Å². The second-order valence-electron chi connectivity index (χ2n) is 5.69. The predicted molar refractivity (Wildman–Crippen MR) is 92.7 cm³/mol. The molecule has 0 atom stereocenters. The zero-order chi connectivity index (χ0) is 17.7. The number of aliphatic imine (C=N–C) groups is 1. The topological polar surface area (TPSA) is 59.6 Å². The molecule has 128 valence electrons. The number of hydrogen-bond acceptors (Lipinski definition) is 2. The minimum atomic E-state index is -2.87. The molecule has 3 N–H and O–H groups in total. The fraction of sp³-hybridized carbons (Fsp3) is 0.278. The second kappa shape index (κ2) is 7.77. The molecule has 6 heteroatoms. The lowest BCUT2D eigenvalue weighted by atomic mass is 10.1. The number of guanidine groups is 1. The Morgan fingerprint density at radius 2 is 1.75 bits per heavy atom. The molecule has 0 radical (unpaired) electrons. The average Bonchev–Trinajstić information content (AvgIpc) is 2.46. The van der Waals surface area contributed by atoms with Gasteiger partial charge in [0.1, 0.15) is 5.75 Å². The number of rotatable bonds is 5. The van der Waals surface area contributed by atoms with E-state index in [0.717, 1.165) is 22.4 Å². The van der Waals surface area contributed by atoms with Crippen molar-refractivity contribution in [3.05, 3.63) is 58.7 Å². The van der Waals surface area contributed by atoms with Crippen LogP contribution in [-0.2, 0) is 6.54 Å². The number of anilines is 1. The van der Waals surface area contributed by atoms with Crippen LogP contribution in [0, 0.1) is 20.8 Å². The van der Waals surface area contributed by atoms with E-state index in [2.05, 4.69) is 21.1 Å². The standard InChI is InChI=1S/C18H21F2N3O/c1-11-4-5-16(24-17(19)20)14(7-11)10-22-18(21)23-15-8-12(2)6-13(3)9-15/h4-9,17H,10H2,1-3H3,(H3,21,22,23). The molecule has 0 spiro atoms. The predicted octanol–water partition coefficient (Wildman–Crippen LogP) is 4.14. The molecule has 2 aromatic carbocycles. The van der Waals surface area contributed by atoms with Crippen LogP contribution in [0.15, 0.2) is 41.4 Å². The van der Waals surface area contributed by atoms with Crippen molar-refractivity contribution in [3.8, 4) is 5.75 Å². The van der Waals surface area contributed by atoms with Crippen molar-refractivity contribution in [2.75, 3.05) is 5.32 Å². The van der Waals surface area contributed by atoms with Crippen molar-refractivity contribution in [1.82, 2.24) is 0 Å². The van der Waals surface area contributed by atoms with Gasteiger partial charge in [0.05, 0.1) is 6.54 Å². The molecule has 0 saturated carbocycles. The smallest absolute Gasteiger partial charge is 0.387 e. The summed E-state index contributed by atoms with van der Waals surface area (Å²) in [6.07, 6.45) is 0. The van der Waals surface area contributed by atoms with E-state index in [-0.39, 0.29) is 18.3 Å². The highest BCUT2D eigenvalue weighted by Crippen LogP contribution is 2.23. The maximum atomic E-state index is 12.5. The lowest BCUT2D eigenvalue weighted by Crippen LogP contribution is -2.22. The van der Waals surface area contributed by atoms with Crippen LogP contribution >= 0.6 is 0 Å². The van der Waals surface area contributed by atoms with Crippen molar-refractivity contribution in [3.63, 3.8) is 0 Å². The number of ether oxygens (including phenoxy) is 1. The fourth-order valence-electron chi connectivity index (χ4n) is 2.45. The van der Waals surface area contributed by atoms with Crippen LogP contribution in [0.25, 0.3) is 0 Å². The van der Waals surface area contributed by atoms with E-state index in [1.807, 2.05) is 32.9 Å². The molecule has 0 amide bonds. The third-order valence-corrected chi connectivity index (χ3v) is 3.35. The fourth-order valence-corrected chi connectivity index (χ4v) is 2.45. The van der Waals surface area contributed by atoms with E-state index >= 15 is 0 Å². The Morgan fingerprint density at radius 1 is 1.08 bits per heavy atom. The number of alkyl halides is 2. The quantitative estimate of drug-likeness (QED) is 0.638. The molecule has 0 aliphatic rings. The zero-order valence-electron chi connectivity index (χ0n) is 13.9. The number of nitrogens with two attached hydrogens (primary N) is 1. The Hall–Kier alpha value is -2.63. The first-order valence-electron chi connectivity index (χ1n) is 7.53. The minimum absolute atomic E-state index is 0.110. The molecule has 0 fully saturated rings. The number of hydrogen-bond donors (Lipinski definition) is 2. The normalized spacial score (nSPS) is 11.7. The van der Waals surface area contributed by atoms with Crippen LogP contribution in [0.1, 0.15) is 22.3 Å². The Bertz CT molecular complexity index is 725. The van der Waals surface area contributed by atoms with Crippen molar-refractivity contribution >= 4 is 11.6 Å². The highest BCUT2D eigenvalue weighted by molar-refractivity contribution is 5.92. The summed E-state index contributed by atoms with van der Waals surface area (Å²) in [5.41, 5.74) is 10.4. The van der Waals surface area contributed by atoms with Gasteiger partial charge in [-0.2, -0.15) is 8.78 Å². The first-order valence-corrected chi connectivity index (χ1v) is 7.53. The number of aryl methyl sites for hydroxylation is 3. The average molecular weight is 333 g/mol. The largest absolute Gasteiger partial charge is 0.434 e. The molecule has 0 heterocycles. The van der Waals surface area contributed by atoms with E-state index in [9.17, 15) is 8.78 Å². The van der Waals surface area contributed by atoms with Crippen molar-refractivity contribution in [2.24, 2.45) is 10.7 Å². The Morgan fingerprint density at radius 3 is 2.38 bits per heavy atom. The minimum Gasteiger partial charge on any atom is -0.434 e. The van der Waals surface area contributed by atoms with E-state index in [4.69, 9.17) is 5.73 Å². The molecule has 4 nitrogen and oxygen atoms in total. The molecule has 0 unspecified atom stereocenters. The summed E-state index contributed by atoms with van der Waals surface area (Å²) in [4.78, 5) is 4.22. The third-order valence-electron chi connectivity index (χ3n) is 3.35. The van der Waals surface area contributed by atoms with Gasteiger partial charge in [-0.05, 0) is 50.1 Å². The van der Waals surface area contributed by atoms with Gasteiger partial charge < -0.3 is 15.8 Å². The molecule has 2 rings (SSSR count). The summed E-state index contributed by atoms with van der Waals surface area (Å²) in [7, 11) is 0. The summed E-state index contributed by atoms with van der Waals surface area (Å²) < 4.78 is 29.5. The third kappa shape index (κ3) is 5.22. The van der Waals surface area contributed by atoms with Gasteiger partial charge >= 0.3 is 6.61 Å². The summed E-state index contributed by atoms with van der Waals surface area (Å²) in [5, 5.41) is 3.01. The van der Waals surface area contributed by atoms with Gasteiger partial charge in [-0.15, -0.1) is 0 Å². The van der Waals surface area contributed by atoms with E-state index in [1.165, 1.54) is 6.07 Å². The number of halogens is 2. The van der Waals surface area contributed by atoms with Gasteiger partial charge in [0.25, 0.3) is 0 Å². The number of nitrogens with one attached hydrogen (secondary N) is 1. The van der Waals surface area contributed by atoms with Crippen molar-refractivity contribution < 1.29 is 13.5 Å². The lowest BCUT2D eigenvalue weighted by Gasteiger charge is -2.11. The maximum Gasteiger partial charge on any atom is 0.387 e. The lowest BCUT2D eigenvalue weighted by molar-refractivity contribution is -0.0504. The Balaban J connectivity index is 2.13. The van der Waals surface area contributed by atoms with Gasteiger partial charge in [-0.3, -0.25) is 0 Å². The van der Waals surface area contributed by atoms with E-state index in [0.29, 0.717) is 5.56 Å². The van der Waals surface area contributed by atoms with Crippen LogP contribution in [0.4, 0.5) is 14.5 Å². The SMILES string of the molecule is Cc1cc(C)cc(NC(N)=NCc2cc(C)ccc2OC(F)F)c1. The van der Waals surface area contributed by atoms with Crippen LogP contribution in [0.2, 0.25) is 0 Å². The highest BCUT2D eigenvalue weighted by Gasteiger charge is 2.09. The summed E-state index contributed by atoms with van der Waals surface area (Å²) in [6.45, 7) is 3.13. The molecule has 2 aromatic rings. The van der Waals surface area contributed by atoms with Crippen molar-refractivity contribution in [1.29, 1.82) is 0 Å². The van der Waals surface area contributed by atoms with Crippen LogP contribution < -0.4 is 15.8 Å². The molecule has 0 aliphatic carbocycles. The molecular weight excluding hydrogens is 312 g/mol. The van der Waals surface area contributed by atoms with Gasteiger partial charge in [0.15, 0.2) is 5.96 Å². The summed E-state index contributed by atoms with van der Waals surface area (Å²) in [5.74, 6) is 0.322. The molecule has 0 aromatic heterocycles. The number of nitrogens with zero attached hydrogens (tertiary/aromatic N) is 1. The van der Waals surface area contributed by atoms with Crippen LogP contribution in [0.5, 0.6) is 5.75 Å². The second-order valence-corrected chi connectivity index (χ2v) is 5.69. The summed E-state index contributed by atoms with van der Waals surface area (Å²) in [6, 6.07) is 10.9.